The van der Waals surface area contributed by atoms with Crippen molar-refractivity contribution in [2.24, 2.45) is 0 Å². The quantitative estimate of drug-likeness (QED) is 0.285. The van der Waals surface area contributed by atoms with E-state index in [0.717, 1.165) is 21.1 Å². The van der Waals surface area contributed by atoms with E-state index in [1.807, 2.05) is 45.5 Å². The molecule has 1 heterocycles. The number of nitrogens with one attached hydrogen (secondary N) is 1. The van der Waals surface area contributed by atoms with E-state index in [0.29, 0.717) is 37.5 Å². The summed E-state index contributed by atoms with van der Waals surface area (Å²) in [5, 5.41) is 17.9. The number of para-hydroxylation sites is 2. The van der Waals surface area contributed by atoms with Gasteiger partial charge in [-0.05, 0) is 54.4 Å². The van der Waals surface area contributed by atoms with E-state index in [1.54, 1.807) is 12.1 Å². The molecule has 0 aliphatic heterocycles. The minimum absolute atomic E-state index is 0. The summed E-state index contributed by atoms with van der Waals surface area (Å²) in [7, 11) is 0. The SMILES string of the molecule is N=c1n(CCCOc2cccc(C(=O)O)c2)c2ccccc2n1Cc1cccc(Br)c1.[H-].[Na+]. The Hall–Kier alpha value is -2.32. The summed E-state index contributed by atoms with van der Waals surface area (Å²) >= 11 is 3.51. The molecule has 3 aromatic carbocycles. The van der Waals surface area contributed by atoms with Crippen LogP contribution in [-0.4, -0.2) is 26.8 Å². The van der Waals surface area contributed by atoms with Crippen LogP contribution in [0.2, 0.25) is 0 Å². The maximum atomic E-state index is 11.1. The summed E-state index contributed by atoms with van der Waals surface area (Å²) in [6.07, 6.45) is 0.693. The molecule has 32 heavy (non-hydrogen) atoms. The molecule has 2 N–H and O–H groups in total. The second kappa shape index (κ2) is 11.0. The number of aromatic nitrogens is 2. The largest absolute Gasteiger partial charge is 1.00 e. The van der Waals surface area contributed by atoms with Crippen LogP contribution in [0.5, 0.6) is 5.75 Å². The minimum Gasteiger partial charge on any atom is -1.00 e. The first-order chi connectivity index (χ1) is 15.0. The molecular formula is C24H23BrN3NaO3. The van der Waals surface area contributed by atoms with Crippen molar-refractivity contribution < 1.29 is 45.6 Å². The van der Waals surface area contributed by atoms with Gasteiger partial charge in [-0.1, -0.05) is 46.3 Å². The number of imidazole rings is 1. The molecule has 1 aromatic heterocycles. The molecule has 8 heteroatoms. The molecule has 0 saturated carbocycles. The molecule has 6 nitrogen and oxygen atoms in total. The van der Waals surface area contributed by atoms with Crippen molar-refractivity contribution in [1.82, 2.24) is 9.13 Å². The van der Waals surface area contributed by atoms with Crippen LogP contribution in [0, 0.1) is 5.41 Å². The molecule has 0 bridgehead atoms. The fraction of sp³-hybridized carbons (Fsp3) is 0.167. The molecule has 4 rings (SSSR count). The summed E-state index contributed by atoms with van der Waals surface area (Å²) in [4.78, 5) is 11.1. The summed E-state index contributed by atoms with van der Waals surface area (Å²) in [6.45, 7) is 1.67. The van der Waals surface area contributed by atoms with Gasteiger partial charge in [0.1, 0.15) is 5.75 Å². The molecule has 0 spiro atoms. The molecule has 0 atom stereocenters. The van der Waals surface area contributed by atoms with Crippen molar-refractivity contribution in [1.29, 1.82) is 5.41 Å². The number of hydrogen-bond acceptors (Lipinski definition) is 3. The van der Waals surface area contributed by atoms with Gasteiger partial charge in [-0.25, -0.2) is 4.79 Å². The Morgan fingerprint density at radius 2 is 1.72 bits per heavy atom. The van der Waals surface area contributed by atoms with Gasteiger partial charge >= 0.3 is 35.5 Å². The van der Waals surface area contributed by atoms with Crippen LogP contribution in [0.3, 0.4) is 0 Å². The molecular weight excluding hydrogens is 481 g/mol. The number of benzene rings is 3. The van der Waals surface area contributed by atoms with Gasteiger partial charge < -0.3 is 20.4 Å². The van der Waals surface area contributed by atoms with E-state index in [1.165, 1.54) is 12.1 Å². The normalized spacial score (nSPS) is 10.7. The fourth-order valence-corrected chi connectivity index (χ4v) is 4.08. The third-order valence-corrected chi connectivity index (χ3v) is 5.57. The number of ether oxygens (including phenoxy) is 1. The first-order valence-electron chi connectivity index (χ1n) is 9.96. The Kier molecular flexibility index (Phi) is 8.37. The molecule has 0 amide bonds. The van der Waals surface area contributed by atoms with E-state index in [9.17, 15) is 4.79 Å². The smallest absolute Gasteiger partial charge is 1.00 e. The predicted octanol–water partition coefficient (Wildman–Crippen LogP) is 2.02. The Balaban J connectivity index is 0.00000193. The summed E-state index contributed by atoms with van der Waals surface area (Å²) in [6, 6.07) is 22.6. The first kappa shape index (κ1) is 24.3. The van der Waals surface area contributed by atoms with Gasteiger partial charge in [0.15, 0.2) is 0 Å². The van der Waals surface area contributed by atoms with Gasteiger partial charge in [0.25, 0.3) is 0 Å². The van der Waals surface area contributed by atoms with E-state index in [2.05, 4.69) is 28.1 Å². The number of carbonyl (C=O) groups is 1. The number of aryl methyl sites for hydroxylation is 1. The fourth-order valence-electron chi connectivity index (χ4n) is 3.63. The third kappa shape index (κ3) is 5.53. The van der Waals surface area contributed by atoms with Crippen molar-refractivity contribution >= 4 is 32.9 Å². The van der Waals surface area contributed by atoms with Crippen molar-refractivity contribution in [3.8, 4) is 5.75 Å². The van der Waals surface area contributed by atoms with Gasteiger partial charge in [0.2, 0.25) is 5.62 Å². The molecule has 160 valence electrons. The van der Waals surface area contributed by atoms with Crippen LogP contribution in [0.25, 0.3) is 11.0 Å². The van der Waals surface area contributed by atoms with Crippen molar-refractivity contribution in [2.45, 2.75) is 19.5 Å². The summed E-state index contributed by atoms with van der Waals surface area (Å²) < 4.78 is 10.8. The summed E-state index contributed by atoms with van der Waals surface area (Å²) in [5.74, 6) is -0.439. The van der Waals surface area contributed by atoms with Crippen molar-refractivity contribution in [2.75, 3.05) is 6.61 Å². The zero-order chi connectivity index (χ0) is 21.8. The number of fused-ring (bicyclic) bond motifs is 1. The first-order valence-corrected chi connectivity index (χ1v) is 10.8. The molecule has 0 saturated heterocycles. The average Bonchev–Trinajstić information content (AvgIpc) is 3.03. The number of carboxylic acids is 1. The molecule has 0 aliphatic rings. The zero-order valence-corrected chi connectivity index (χ0v) is 21.4. The maximum Gasteiger partial charge on any atom is 1.00 e. The number of nitrogens with zero attached hydrogens (tertiary/aromatic N) is 2. The number of rotatable bonds is 8. The molecule has 4 aromatic rings. The van der Waals surface area contributed by atoms with Gasteiger partial charge in [-0.2, -0.15) is 0 Å². The molecule has 0 unspecified atom stereocenters. The van der Waals surface area contributed by atoms with Crippen LogP contribution >= 0.6 is 15.9 Å². The van der Waals surface area contributed by atoms with Gasteiger partial charge in [-0.3, -0.25) is 5.41 Å². The Morgan fingerprint density at radius 3 is 2.44 bits per heavy atom. The number of aromatic carboxylic acids is 1. The second-order valence-electron chi connectivity index (χ2n) is 7.22. The molecule has 0 fully saturated rings. The van der Waals surface area contributed by atoms with Crippen LogP contribution in [0.15, 0.2) is 77.3 Å². The number of carboxylic acid groups (broad SMARTS) is 1. The van der Waals surface area contributed by atoms with Crippen LogP contribution in [0.1, 0.15) is 23.8 Å². The second-order valence-corrected chi connectivity index (χ2v) is 8.13. The predicted molar refractivity (Wildman–Crippen MR) is 124 cm³/mol. The number of halogens is 1. The number of hydrogen-bond donors (Lipinski definition) is 2. The molecule has 0 radical (unpaired) electrons. The van der Waals surface area contributed by atoms with Gasteiger partial charge in [0, 0.05) is 11.0 Å². The maximum absolute atomic E-state index is 11.1. The Morgan fingerprint density at radius 1 is 1.00 bits per heavy atom. The Bertz CT molecular complexity index is 1310. The van der Waals surface area contributed by atoms with Crippen LogP contribution in [-0.2, 0) is 13.1 Å². The standard InChI is InChI=1S/C24H22BrN3O3.Na.H/c25-19-8-3-6-17(14-19)16-28-22-11-2-1-10-21(22)27(24(28)26)12-5-13-31-20-9-4-7-18(15-20)23(29)30;;/h1-4,6-11,14-15,26H,5,12-13,16H2,(H,29,30);;/q;+1;-1. The van der Waals surface area contributed by atoms with E-state index in [-0.39, 0.29) is 36.5 Å². The zero-order valence-electron chi connectivity index (χ0n) is 18.8. The van der Waals surface area contributed by atoms with Gasteiger partial charge in [-0.15, -0.1) is 0 Å². The molecule has 0 aliphatic carbocycles. The van der Waals surface area contributed by atoms with Crippen LogP contribution in [0.4, 0.5) is 0 Å². The minimum atomic E-state index is -0.974. The third-order valence-electron chi connectivity index (χ3n) is 5.08. The van der Waals surface area contributed by atoms with E-state index >= 15 is 0 Å². The van der Waals surface area contributed by atoms with Crippen molar-refractivity contribution in [3.05, 3.63) is 94.0 Å². The van der Waals surface area contributed by atoms with Crippen LogP contribution < -0.4 is 39.9 Å². The van der Waals surface area contributed by atoms with Gasteiger partial charge in [0.05, 0.1) is 29.7 Å². The Labute approximate surface area is 217 Å². The van der Waals surface area contributed by atoms with E-state index < -0.39 is 5.97 Å². The van der Waals surface area contributed by atoms with Crippen molar-refractivity contribution in [3.63, 3.8) is 0 Å². The van der Waals surface area contributed by atoms with E-state index in [4.69, 9.17) is 15.3 Å². The summed E-state index contributed by atoms with van der Waals surface area (Å²) in [5.41, 5.74) is 3.79. The average molecular weight is 504 g/mol. The monoisotopic (exact) mass is 503 g/mol. The topological polar surface area (TPSA) is 80.2 Å².